The molecule has 7 heteroatoms. The highest BCUT2D eigenvalue weighted by Gasteiger charge is 2.38. The molecule has 0 radical (unpaired) electrons. The van der Waals surface area contributed by atoms with E-state index in [0.717, 1.165) is 17.9 Å². The zero-order chi connectivity index (χ0) is 16.2. The minimum absolute atomic E-state index is 0.298. The van der Waals surface area contributed by atoms with Gasteiger partial charge in [0.25, 0.3) is 10.0 Å². The monoisotopic (exact) mass is 332 g/mol. The van der Waals surface area contributed by atoms with Gasteiger partial charge in [0.15, 0.2) is 0 Å². The molecule has 2 aromatic rings. The number of nitrogens with zero attached hydrogens (tertiary/aromatic N) is 3. The molecule has 6 nitrogen and oxygen atoms in total. The van der Waals surface area contributed by atoms with Crippen LogP contribution in [0.4, 0.5) is 11.4 Å². The molecule has 1 saturated carbocycles. The van der Waals surface area contributed by atoms with Crippen LogP contribution in [0.25, 0.3) is 0 Å². The van der Waals surface area contributed by atoms with Crippen LogP contribution in [-0.4, -0.2) is 37.7 Å². The summed E-state index contributed by atoms with van der Waals surface area (Å²) in [6.45, 7) is 4.68. The lowest BCUT2D eigenvalue weighted by atomic mass is 10.2. The first kappa shape index (κ1) is 14.6. The molecule has 0 saturated heterocycles. The highest BCUT2D eigenvalue weighted by Crippen LogP contribution is 2.42. The number of fused-ring (bicyclic) bond motifs is 1. The third kappa shape index (κ3) is 2.22. The van der Waals surface area contributed by atoms with Crippen molar-refractivity contribution in [1.29, 1.82) is 0 Å². The summed E-state index contributed by atoms with van der Waals surface area (Å²) in [5.74, 6) is 0. The molecule has 0 unspecified atom stereocenters. The first-order valence-corrected chi connectivity index (χ1v) is 9.34. The van der Waals surface area contributed by atoms with Gasteiger partial charge in [-0.15, -0.1) is 0 Å². The average molecular weight is 332 g/mol. The maximum atomic E-state index is 13.2. The van der Waals surface area contributed by atoms with E-state index in [4.69, 9.17) is 0 Å². The summed E-state index contributed by atoms with van der Waals surface area (Å²) in [6.07, 6.45) is 2.39. The Bertz CT molecular complexity index is 835. The summed E-state index contributed by atoms with van der Waals surface area (Å²) in [7, 11) is -3.61. The lowest BCUT2D eigenvalue weighted by Gasteiger charge is -2.38. The first-order chi connectivity index (χ1) is 11.0. The SMILES string of the molecule is Cc1n[nH]c(C)c1S(=O)(=O)N1CCN(C2CC2)c2ccccc21. The predicted octanol–water partition coefficient (Wildman–Crippen LogP) is 2.20. The van der Waals surface area contributed by atoms with Crippen LogP contribution in [0.1, 0.15) is 24.2 Å². The third-order valence-corrected chi connectivity index (χ3v) is 6.68. The second-order valence-electron chi connectivity index (χ2n) is 6.25. The number of aromatic nitrogens is 2. The van der Waals surface area contributed by atoms with E-state index in [1.165, 1.54) is 17.1 Å². The second kappa shape index (κ2) is 4.99. The van der Waals surface area contributed by atoms with Crippen molar-refractivity contribution in [1.82, 2.24) is 10.2 Å². The largest absolute Gasteiger partial charge is 0.365 e. The molecule has 122 valence electrons. The van der Waals surface area contributed by atoms with Crippen LogP contribution in [0, 0.1) is 13.8 Å². The first-order valence-electron chi connectivity index (χ1n) is 7.90. The number of anilines is 2. The van der Waals surface area contributed by atoms with Crippen molar-refractivity contribution >= 4 is 21.4 Å². The number of sulfonamides is 1. The molecule has 1 aromatic heterocycles. The number of aryl methyl sites for hydroxylation is 2. The van der Waals surface area contributed by atoms with Gasteiger partial charge in [0.2, 0.25) is 0 Å². The Morgan fingerprint density at radius 3 is 2.43 bits per heavy atom. The molecule has 0 bridgehead atoms. The molecule has 1 fully saturated rings. The van der Waals surface area contributed by atoms with E-state index in [0.29, 0.717) is 28.9 Å². The number of rotatable bonds is 3. The van der Waals surface area contributed by atoms with Gasteiger partial charge in [0, 0.05) is 12.6 Å². The van der Waals surface area contributed by atoms with Crippen molar-refractivity contribution in [3.8, 4) is 0 Å². The van der Waals surface area contributed by atoms with Gasteiger partial charge >= 0.3 is 0 Å². The highest BCUT2D eigenvalue weighted by molar-refractivity contribution is 7.93. The molecule has 1 aliphatic heterocycles. The fourth-order valence-corrected chi connectivity index (χ4v) is 5.21. The zero-order valence-electron chi connectivity index (χ0n) is 13.3. The van der Waals surface area contributed by atoms with Crippen molar-refractivity contribution in [2.75, 3.05) is 22.3 Å². The van der Waals surface area contributed by atoms with E-state index >= 15 is 0 Å². The summed E-state index contributed by atoms with van der Waals surface area (Å²) in [6, 6.07) is 8.35. The Morgan fingerprint density at radius 1 is 1.13 bits per heavy atom. The molecule has 0 atom stereocenters. The van der Waals surface area contributed by atoms with E-state index in [9.17, 15) is 8.42 Å². The number of H-pyrrole nitrogens is 1. The fourth-order valence-electron chi connectivity index (χ4n) is 3.40. The van der Waals surface area contributed by atoms with Crippen LogP contribution in [-0.2, 0) is 10.0 Å². The van der Waals surface area contributed by atoms with Crippen molar-refractivity contribution in [3.05, 3.63) is 35.7 Å². The van der Waals surface area contributed by atoms with E-state index < -0.39 is 10.0 Å². The zero-order valence-corrected chi connectivity index (χ0v) is 14.1. The van der Waals surface area contributed by atoms with E-state index in [1.54, 1.807) is 13.8 Å². The van der Waals surface area contributed by atoms with Crippen molar-refractivity contribution < 1.29 is 8.42 Å². The quantitative estimate of drug-likeness (QED) is 0.935. The maximum absolute atomic E-state index is 13.2. The number of aromatic amines is 1. The molecule has 2 aliphatic rings. The van der Waals surface area contributed by atoms with Gasteiger partial charge < -0.3 is 4.90 Å². The number of hydrogen-bond acceptors (Lipinski definition) is 4. The molecule has 1 aromatic carbocycles. The lowest BCUT2D eigenvalue weighted by molar-refractivity contribution is 0.586. The normalized spacial score (nSPS) is 18.2. The van der Waals surface area contributed by atoms with E-state index in [1.807, 2.05) is 24.3 Å². The minimum Gasteiger partial charge on any atom is -0.365 e. The fraction of sp³-hybridized carbons (Fsp3) is 0.438. The minimum atomic E-state index is -3.61. The Balaban J connectivity index is 1.82. The average Bonchev–Trinajstić information content (AvgIpc) is 3.31. The molecule has 1 aliphatic carbocycles. The Kier molecular flexibility index (Phi) is 3.16. The standard InChI is InChI=1S/C16H20N4O2S/c1-11-16(12(2)18-17-11)23(21,22)20-10-9-19(13-7-8-13)14-5-3-4-6-15(14)20/h3-6,13H,7-10H2,1-2H3,(H,17,18). The Morgan fingerprint density at radius 2 is 1.83 bits per heavy atom. The second-order valence-corrected chi connectivity index (χ2v) is 8.05. The van der Waals surface area contributed by atoms with Crippen molar-refractivity contribution in [2.45, 2.75) is 37.6 Å². The molecule has 4 rings (SSSR count). The Hall–Kier alpha value is -2.02. The van der Waals surface area contributed by atoms with E-state index in [-0.39, 0.29) is 0 Å². The number of benzene rings is 1. The molecule has 1 N–H and O–H groups in total. The van der Waals surface area contributed by atoms with Crippen LogP contribution in [0.5, 0.6) is 0 Å². The molecular formula is C16H20N4O2S. The predicted molar refractivity (Wildman–Crippen MR) is 89.4 cm³/mol. The number of hydrogen-bond donors (Lipinski definition) is 1. The number of nitrogens with one attached hydrogen (secondary N) is 1. The summed E-state index contributed by atoms with van der Waals surface area (Å²) in [5, 5.41) is 6.82. The van der Waals surface area contributed by atoms with E-state index in [2.05, 4.69) is 15.1 Å². The smallest absolute Gasteiger partial charge is 0.268 e. The summed E-state index contributed by atoms with van der Waals surface area (Å²) >= 11 is 0. The van der Waals surface area contributed by atoms with Gasteiger partial charge in [-0.1, -0.05) is 12.1 Å². The lowest BCUT2D eigenvalue weighted by Crippen LogP contribution is -2.45. The van der Waals surface area contributed by atoms with Crippen LogP contribution in [0.3, 0.4) is 0 Å². The summed E-state index contributed by atoms with van der Waals surface area (Å²) < 4.78 is 27.9. The highest BCUT2D eigenvalue weighted by atomic mass is 32.2. The van der Waals surface area contributed by atoms with Gasteiger partial charge in [-0.2, -0.15) is 5.10 Å². The van der Waals surface area contributed by atoms with Gasteiger partial charge in [-0.05, 0) is 38.8 Å². The van der Waals surface area contributed by atoms with Crippen LogP contribution in [0.2, 0.25) is 0 Å². The molecule has 23 heavy (non-hydrogen) atoms. The van der Waals surface area contributed by atoms with Gasteiger partial charge in [0.05, 0.1) is 29.3 Å². The maximum Gasteiger partial charge on any atom is 0.268 e. The third-order valence-electron chi connectivity index (χ3n) is 4.60. The van der Waals surface area contributed by atoms with Crippen LogP contribution < -0.4 is 9.21 Å². The van der Waals surface area contributed by atoms with Crippen LogP contribution >= 0.6 is 0 Å². The number of para-hydroxylation sites is 2. The van der Waals surface area contributed by atoms with Gasteiger partial charge in [-0.25, -0.2) is 8.42 Å². The van der Waals surface area contributed by atoms with Crippen LogP contribution in [0.15, 0.2) is 29.2 Å². The summed E-state index contributed by atoms with van der Waals surface area (Å²) in [4.78, 5) is 2.64. The Labute approximate surface area is 136 Å². The molecular weight excluding hydrogens is 312 g/mol. The molecule has 0 amide bonds. The van der Waals surface area contributed by atoms with Gasteiger partial charge in [-0.3, -0.25) is 9.40 Å². The molecule has 2 heterocycles. The topological polar surface area (TPSA) is 69.3 Å². The van der Waals surface area contributed by atoms with Gasteiger partial charge in [0.1, 0.15) is 4.90 Å². The molecule has 0 spiro atoms. The van der Waals surface area contributed by atoms with Crippen molar-refractivity contribution in [2.24, 2.45) is 0 Å². The summed E-state index contributed by atoms with van der Waals surface area (Å²) in [5.41, 5.74) is 2.89. The van der Waals surface area contributed by atoms with Crippen molar-refractivity contribution in [3.63, 3.8) is 0 Å².